The maximum Gasteiger partial charge on any atom is 0.171 e. The van der Waals surface area contributed by atoms with Crippen molar-refractivity contribution in [1.82, 2.24) is 4.90 Å². The van der Waals surface area contributed by atoms with Gasteiger partial charge in [0.15, 0.2) is 5.78 Å². The molecule has 29 heavy (non-hydrogen) atoms. The number of piperazine rings is 1. The highest BCUT2D eigenvalue weighted by Crippen LogP contribution is 2.46. The summed E-state index contributed by atoms with van der Waals surface area (Å²) in [5, 5.41) is 0. The van der Waals surface area contributed by atoms with Gasteiger partial charge in [-0.3, -0.25) is 9.69 Å². The van der Waals surface area contributed by atoms with Crippen molar-refractivity contribution in [1.29, 1.82) is 0 Å². The molecule has 152 valence electrons. The molecule has 2 aromatic rings. The first kappa shape index (κ1) is 19.6. The van der Waals surface area contributed by atoms with Crippen LogP contribution >= 0.6 is 0 Å². The zero-order valence-electron chi connectivity index (χ0n) is 17.4. The highest BCUT2D eigenvalue weighted by atomic mass is 19.1. The summed E-state index contributed by atoms with van der Waals surface area (Å²) in [5.41, 5.74) is 4.33. The van der Waals surface area contributed by atoms with Gasteiger partial charge >= 0.3 is 0 Å². The van der Waals surface area contributed by atoms with E-state index in [1.807, 2.05) is 31.3 Å². The average Bonchev–Trinajstić information content (AvgIpc) is 2.90. The van der Waals surface area contributed by atoms with Crippen LogP contribution in [-0.4, -0.2) is 50.5 Å². The van der Waals surface area contributed by atoms with E-state index in [4.69, 9.17) is 0 Å². The average molecular weight is 394 g/mol. The first-order chi connectivity index (χ1) is 13.9. The van der Waals surface area contributed by atoms with E-state index < -0.39 is 0 Å². The zero-order chi connectivity index (χ0) is 20.6. The fraction of sp³-hybridized carbons (Fsp3) is 0.375. The van der Waals surface area contributed by atoms with Crippen molar-refractivity contribution in [3.8, 4) is 0 Å². The summed E-state index contributed by atoms with van der Waals surface area (Å²) in [6, 6.07) is 15.0. The molecule has 1 fully saturated rings. The quantitative estimate of drug-likeness (QED) is 0.738. The van der Waals surface area contributed by atoms with E-state index in [2.05, 4.69) is 46.7 Å². The molecule has 4 nitrogen and oxygen atoms in total. The van der Waals surface area contributed by atoms with Crippen LogP contribution in [0.4, 0.5) is 15.8 Å². The molecule has 1 saturated heterocycles. The third-order valence-electron chi connectivity index (χ3n) is 6.18. The van der Waals surface area contributed by atoms with Gasteiger partial charge in [0.2, 0.25) is 0 Å². The number of hydrogen-bond acceptors (Lipinski definition) is 4. The van der Waals surface area contributed by atoms with Crippen LogP contribution in [0.2, 0.25) is 0 Å². The number of para-hydroxylation sites is 1. The van der Waals surface area contributed by atoms with Crippen LogP contribution in [0, 0.1) is 5.82 Å². The predicted molar refractivity (Wildman–Crippen MR) is 116 cm³/mol. The molecule has 2 aliphatic heterocycles. The minimum atomic E-state index is -0.215. The number of hydrogen-bond donors (Lipinski definition) is 0. The molecule has 0 atom stereocenters. The number of benzene rings is 2. The van der Waals surface area contributed by atoms with E-state index in [9.17, 15) is 9.18 Å². The molecule has 0 radical (unpaired) electrons. The van der Waals surface area contributed by atoms with Gasteiger partial charge in [-0.2, -0.15) is 0 Å². The highest BCUT2D eigenvalue weighted by molar-refractivity contribution is 5.94. The van der Waals surface area contributed by atoms with E-state index in [1.54, 1.807) is 0 Å². The second kappa shape index (κ2) is 7.64. The lowest BCUT2D eigenvalue weighted by atomic mass is 9.83. The van der Waals surface area contributed by atoms with Crippen molar-refractivity contribution >= 4 is 17.2 Å². The van der Waals surface area contributed by atoms with Crippen molar-refractivity contribution in [3.05, 3.63) is 71.7 Å². The van der Waals surface area contributed by atoms with Gasteiger partial charge in [-0.15, -0.1) is 0 Å². The molecule has 2 aromatic carbocycles. The summed E-state index contributed by atoms with van der Waals surface area (Å²) in [5.74, 6) is -0.0732. The summed E-state index contributed by atoms with van der Waals surface area (Å²) in [6.07, 6.45) is 1.83. The van der Waals surface area contributed by atoms with E-state index in [-0.39, 0.29) is 17.0 Å². The van der Waals surface area contributed by atoms with E-state index >= 15 is 0 Å². The third kappa shape index (κ3) is 3.79. The van der Waals surface area contributed by atoms with Crippen molar-refractivity contribution in [3.63, 3.8) is 0 Å². The Morgan fingerprint density at radius 3 is 2.34 bits per heavy atom. The Labute approximate surface area is 172 Å². The maximum absolute atomic E-state index is 13.1. The number of fused-ring (bicyclic) bond motifs is 1. The lowest BCUT2D eigenvalue weighted by Gasteiger charge is -2.35. The van der Waals surface area contributed by atoms with Crippen LogP contribution < -0.4 is 9.80 Å². The zero-order valence-corrected chi connectivity index (χ0v) is 17.4. The summed E-state index contributed by atoms with van der Waals surface area (Å²) in [4.78, 5) is 19.4. The first-order valence-electron chi connectivity index (χ1n) is 10.2. The molecule has 2 heterocycles. The molecular weight excluding hydrogens is 365 g/mol. The molecule has 0 N–H and O–H groups in total. The number of halogens is 1. The van der Waals surface area contributed by atoms with Gasteiger partial charge in [-0.1, -0.05) is 32.0 Å². The lowest BCUT2D eigenvalue weighted by Crippen LogP contribution is -2.47. The van der Waals surface area contributed by atoms with Gasteiger partial charge < -0.3 is 9.80 Å². The Morgan fingerprint density at radius 2 is 1.69 bits per heavy atom. The van der Waals surface area contributed by atoms with E-state index in [0.717, 1.165) is 37.6 Å². The van der Waals surface area contributed by atoms with Crippen LogP contribution in [0.15, 0.2) is 60.3 Å². The SMILES string of the molecule is CN1C(=CC(=O)CN2CCN(c3ccc(F)cc3)CC2)C(C)(C)c2ccccc21. The van der Waals surface area contributed by atoms with Gasteiger partial charge in [0, 0.05) is 61.8 Å². The highest BCUT2D eigenvalue weighted by Gasteiger charge is 2.38. The van der Waals surface area contributed by atoms with Crippen molar-refractivity contribution in [2.45, 2.75) is 19.3 Å². The number of carbonyl (C=O) groups excluding carboxylic acids is 1. The minimum Gasteiger partial charge on any atom is -0.369 e. The molecule has 2 aliphatic rings. The number of rotatable bonds is 4. The molecule has 0 aromatic heterocycles. The molecule has 0 aliphatic carbocycles. The fourth-order valence-electron chi connectivity index (χ4n) is 4.49. The molecule has 5 heteroatoms. The second-order valence-electron chi connectivity index (χ2n) is 8.44. The predicted octanol–water partition coefficient (Wildman–Crippen LogP) is 3.83. The number of allylic oxidation sites excluding steroid dienone is 1. The summed E-state index contributed by atoms with van der Waals surface area (Å²) >= 11 is 0. The number of anilines is 2. The van der Waals surface area contributed by atoms with Gasteiger partial charge in [0.1, 0.15) is 5.82 Å². The second-order valence-corrected chi connectivity index (χ2v) is 8.44. The maximum atomic E-state index is 13.1. The molecule has 0 saturated carbocycles. The number of likely N-dealkylation sites (N-methyl/N-ethyl adjacent to an activating group) is 1. The normalized spacial score (nSPS) is 20.2. The molecule has 0 bridgehead atoms. The van der Waals surface area contributed by atoms with Gasteiger partial charge in [-0.05, 0) is 35.9 Å². The molecule has 0 unspecified atom stereocenters. The van der Waals surface area contributed by atoms with Crippen LogP contribution in [0.3, 0.4) is 0 Å². The Balaban J connectivity index is 1.39. The summed E-state index contributed by atoms with van der Waals surface area (Å²) in [6.45, 7) is 8.11. The first-order valence-corrected chi connectivity index (χ1v) is 10.2. The Hall–Kier alpha value is -2.66. The summed E-state index contributed by atoms with van der Waals surface area (Å²) in [7, 11) is 2.04. The molecule has 0 amide bonds. The van der Waals surface area contributed by atoms with Crippen LogP contribution in [0.5, 0.6) is 0 Å². The Kier molecular flexibility index (Phi) is 5.17. The van der Waals surface area contributed by atoms with E-state index in [1.165, 1.54) is 23.4 Å². The van der Waals surface area contributed by atoms with E-state index in [0.29, 0.717) is 6.54 Å². The largest absolute Gasteiger partial charge is 0.369 e. The summed E-state index contributed by atoms with van der Waals surface area (Å²) < 4.78 is 13.1. The monoisotopic (exact) mass is 393 g/mol. The number of nitrogens with zero attached hydrogens (tertiary/aromatic N) is 3. The minimum absolute atomic E-state index is 0.142. The Bertz CT molecular complexity index is 927. The van der Waals surface area contributed by atoms with Crippen molar-refractivity contribution in [2.75, 3.05) is 49.6 Å². The smallest absolute Gasteiger partial charge is 0.171 e. The van der Waals surface area contributed by atoms with Crippen molar-refractivity contribution < 1.29 is 9.18 Å². The molecule has 4 rings (SSSR count). The van der Waals surface area contributed by atoms with Crippen LogP contribution in [-0.2, 0) is 10.2 Å². The number of ketones is 1. The standard InChI is InChI=1S/C24H28FN3O/c1-24(2)21-6-4-5-7-22(21)26(3)23(24)16-20(29)17-27-12-14-28(15-13-27)19-10-8-18(25)9-11-19/h4-11,16H,12-15,17H2,1-3H3. The van der Waals surface area contributed by atoms with Gasteiger partial charge in [-0.25, -0.2) is 4.39 Å². The number of carbonyl (C=O) groups is 1. The fourth-order valence-corrected chi connectivity index (χ4v) is 4.49. The van der Waals surface area contributed by atoms with Gasteiger partial charge in [0.05, 0.1) is 6.54 Å². The lowest BCUT2D eigenvalue weighted by molar-refractivity contribution is -0.115. The van der Waals surface area contributed by atoms with Crippen LogP contribution in [0.1, 0.15) is 19.4 Å². The molecular formula is C24H28FN3O. The van der Waals surface area contributed by atoms with Gasteiger partial charge in [0.25, 0.3) is 0 Å². The third-order valence-corrected chi connectivity index (χ3v) is 6.18. The Morgan fingerprint density at radius 1 is 1.03 bits per heavy atom. The van der Waals surface area contributed by atoms with Crippen molar-refractivity contribution in [2.24, 2.45) is 0 Å². The topological polar surface area (TPSA) is 26.8 Å². The van der Waals surface area contributed by atoms with Crippen LogP contribution in [0.25, 0.3) is 0 Å². The molecule has 0 spiro atoms.